The minimum atomic E-state index is -0.200. The molecule has 0 radical (unpaired) electrons. The van der Waals surface area contributed by atoms with Gasteiger partial charge in [0.05, 0.1) is 11.2 Å². The number of halogens is 1. The van der Waals surface area contributed by atoms with Crippen LogP contribution in [0, 0.1) is 0 Å². The van der Waals surface area contributed by atoms with Crippen LogP contribution >= 0.6 is 11.6 Å². The van der Waals surface area contributed by atoms with Crippen LogP contribution in [0.5, 0.6) is 0 Å². The van der Waals surface area contributed by atoms with E-state index in [-0.39, 0.29) is 11.6 Å². The SMILES string of the molecule is CCCCCCCCCNC(=O)c1nc(N2CCCC2)ncc1Cl. The summed E-state index contributed by atoms with van der Waals surface area (Å²) in [6, 6.07) is 0. The molecular weight excluding hydrogens is 324 g/mol. The van der Waals surface area contributed by atoms with Gasteiger partial charge in [0.15, 0.2) is 5.69 Å². The molecule has 1 aliphatic rings. The van der Waals surface area contributed by atoms with E-state index in [1.54, 1.807) is 0 Å². The van der Waals surface area contributed by atoms with Gasteiger partial charge in [-0.15, -0.1) is 0 Å². The number of hydrogen-bond donors (Lipinski definition) is 1. The average molecular weight is 353 g/mol. The molecule has 1 aromatic heterocycles. The van der Waals surface area contributed by atoms with Crippen molar-refractivity contribution >= 4 is 23.5 Å². The molecule has 2 heterocycles. The Morgan fingerprint density at radius 1 is 1.17 bits per heavy atom. The zero-order chi connectivity index (χ0) is 17.2. The van der Waals surface area contributed by atoms with Gasteiger partial charge in [-0.1, -0.05) is 57.0 Å². The highest BCUT2D eigenvalue weighted by Gasteiger charge is 2.19. The predicted molar refractivity (Wildman–Crippen MR) is 98.8 cm³/mol. The maximum Gasteiger partial charge on any atom is 0.271 e. The number of amides is 1. The van der Waals surface area contributed by atoms with E-state index in [4.69, 9.17) is 11.6 Å². The molecule has 1 N–H and O–H groups in total. The van der Waals surface area contributed by atoms with E-state index in [1.807, 2.05) is 0 Å². The summed E-state index contributed by atoms with van der Waals surface area (Å²) in [6.07, 6.45) is 12.4. The summed E-state index contributed by atoms with van der Waals surface area (Å²) in [4.78, 5) is 23.0. The molecule has 0 unspecified atom stereocenters. The van der Waals surface area contributed by atoms with Crippen molar-refractivity contribution in [1.82, 2.24) is 15.3 Å². The van der Waals surface area contributed by atoms with Gasteiger partial charge in [-0.05, 0) is 19.3 Å². The van der Waals surface area contributed by atoms with Gasteiger partial charge in [-0.3, -0.25) is 4.79 Å². The summed E-state index contributed by atoms with van der Waals surface area (Å²) < 4.78 is 0. The molecule has 1 saturated heterocycles. The quantitative estimate of drug-likeness (QED) is 0.641. The first-order valence-corrected chi connectivity index (χ1v) is 9.66. The van der Waals surface area contributed by atoms with Crippen LogP contribution in [0.4, 0.5) is 5.95 Å². The lowest BCUT2D eigenvalue weighted by Gasteiger charge is -2.16. The number of hydrogen-bond acceptors (Lipinski definition) is 4. The first-order chi connectivity index (χ1) is 11.7. The number of rotatable bonds is 10. The maximum atomic E-state index is 12.3. The second kappa shape index (κ2) is 10.5. The highest BCUT2D eigenvalue weighted by atomic mass is 35.5. The molecule has 0 spiro atoms. The average Bonchev–Trinajstić information content (AvgIpc) is 3.12. The van der Waals surface area contributed by atoms with E-state index in [0.29, 0.717) is 17.5 Å². The normalized spacial score (nSPS) is 14.2. The molecule has 24 heavy (non-hydrogen) atoms. The molecule has 1 amide bonds. The molecule has 1 aromatic rings. The largest absolute Gasteiger partial charge is 0.351 e. The standard InChI is InChI=1S/C18H29ClN4O/c1-2-3-4-5-6-7-8-11-20-17(24)16-15(19)14-21-18(22-16)23-12-9-10-13-23/h14H,2-13H2,1H3,(H,20,24). The molecule has 1 aliphatic heterocycles. The summed E-state index contributed by atoms with van der Waals surface area (Å²) in [5, 5.41) is 3.24. The van der Waals surface area contributed by atoms with Crippen molar-refractivity contribution in [3.05, 3.63) is 16.9 Å². The molecular formula is C18H29ClN4O. The van der Waals surface area contributed by atoms with Crippen LogP contribution in [0.1, 0.15) is 75.2 Å². The maximum absolute atomic E-state index is 12.3. The summed E-state index contributed by atoms with van der Waals surface area (Å²) in [6.45, 7) is 4.79. The number of carbonyl (C=O) groups excluding carboxylic acids is 1. The minimum absolute atomic E-state index is 0.200. The van der Waals surface area contributed by atoms with Crippen LogP contribution in [0.15, 0.2) is 6.20 Å². The third-order valence-electron chi connectivity index (χ3n) is 4.40. The molecule has 0 atom stereocenters. The van der Waals surface area contributed by atoms with Gasteiger partial charge in [0.25, 0.3) is 5.91 Å². The lowest BCUT2D eigenvalue weighted by atomic mass is 10.1. The first kappa shape index (κ1) is 19.0. The molecule has 5 nitrogen and oxygen atoms in total. The summed E-state index contributed by atoms with van der Waals surface area (Å²) in [5.74, 6) is 0.409. The number of anilines is 1. The fraction of sp³-hybridized carbons (Fsp3) is 0.722. The van der Waals surface area contributed by atoms with E-state index < -0.39 is 0 Å². The second-order valence-electron chi connectivity index (χ2n) is 6.44. The Morgan fingerprint density at radius 2 is 1.83 bits per heavy atom. The van der Waals surface area contributed by atoms with Crippen LogP contribution < -0.4 is 10.2 Å². The third-order valence-corrected chi connectivity index (χ3v) is 4.68. The summed E-state index contributed by atoms with van der Waals surface area (Å²) >= 11 is 6.10. The molecule has 0 aromatic carbocycles. The third kappa shape index (κ3) is 5.93. The predicted octanol–water partition coefficient (Wildman–Crippen LogP) is 4.21. The van der Waals surface area contributed by atoms with Crippen molar-refractivity contribution in [2.75, 3.05) is 24.5 Å². The molecule has 1 fully saturated rings. The van der Waals surface area contributed by atoms with Crippen LogP contribution in [-0.4, -0.2) is 35.5 Å². The molecule has 6 heteroatoms. The topological polar surface area (TPSA) is 58.1 Å². The highest BCUT2D eigenvalue weighted by molar-refractivity contribution is 6.33. The van der Waals surface area contributed by atoms with Gasteiger partial charge in [0, 0.05) is 19.6 Å². The number of nitrogens with one attached hydrogen (secondary N) is 1. The van der Waals surface area contributed by atoms with Crippen molar-refractivity contribution < 1.29 is 4.79 Å². The van der Waals surface area contributed by atoms with Crippen LogP contribution in [0.2, 0.25) is 5.02 Å². The molecule has 2 rings (SSSR count). The first-order valence-electron chi connectivity index (χ1n) is 9.28. The zero-order valence-corrected chi connectivity index (χ0v) is 15.4. The van der Waals surface area contributed by atoms with Crippen molar-refractivity contribution in [2.24, 2.45) is 0 Å². The van der Waals surface area contributed by atoms with Gasteiger partial charge in [0.2, 0.25) is 5.95 Å². The van der Waals surface area contributed by atoms with E-state index in [1.165, 1.54) is 38.3 Å². The number of carbonyl (C=O) groups is 1. The second-order valence-corrected chi connectivity index (χ2v) is 6.85. The van der Waals surface area contributed by atoms with Crippen LogP contribution in [-0.2, 0) is 0 Å². The monoisotopic (exact) mass is 352 g/mol. The molecule has 0 aliphatic carbocycles. The Labute approximate surface area is 150 Å². The van der Waals surface area contributed by atoms with Crippen molar-refractivity contribution in [3.63, 3.8) is 0 Å². The van der Waals surface area contributed by atoms with Crippen molar-refractivity contribution in [3.8, 4) is 0 Å². The van der Waals surface area contributed by atoms with Gasteiger partial charge in [0.1, 0.15) is 0 Å². The van der Waals surface area contributed by atoms with Crippen LogP contribution in [0.25, 0.3) is 0 Å². The Balaban J connectivity index is 1.74. The summed E-state index contributed by atoms with van der Waals surface area (Å²) in [5.41, 5.74) is 0.288. The van der Waals surface area contributed by atoms with Gasteiger partial charge < -0.3 is 10.2 Å². The smallest absolute Gasteiger partial charge is 0.271 e. The Kier molecular flexibility index (Phi) is 8.29. The fourth-order valence-corrected chi connectivity index (χ4v) is 3.13. The van der Waals surface area contributed by atoms with Crippen LogP contribution in [0.3, 0.4) is 0 Å². The Morgan fingerprint density at radius 3 is 2.54 bits per heavy atom. The van der Waals surface area contributed by atoms with E-state index in [2.05, 4.69) is 27.1 Å². The summed E-state index contributed by atoms with van der Waals surface area (Å²) in [7, 11) is 0. The highest BCUT2D eigenvalue weighted by Crippen LogP contribution is 2.19. The van der Waals surface area contributed by atoms with E-state index in [9.17, 15) is 4.79 Å². The lowest BCUT2D eigenvalue weighted by Crippen LogP contribution is -2.27. The van der Waals surface area contributed by atoms with Crippen molar-refractivity contribution in [2.45, 2.75) is 64.7 Å². The molecule has 0 bridgehead atoms. The lowest BCUT2D eigenvalue weighted by molar-refractivity contribution is 0.0948. The van der Waals surface area contributed by atoms with Gasteiger partial charge in [-0.2, -0.15) is 0 Å². The zero-order valence-electron chi connectivity index (χ0n) is 14.7. The van der Waals surface area contributed by atoms with Gasteiger partial charge in [-0.25, -0.2) is 9.97 Å². The number of nitrogens with zero attached hydrogens (tertiary/aromatic N) is 3. The fourth-order valence-electron chi connectivity index (χ4n) is 2.95. The van der Waals surface area contributed by atoms with Gasteiger partial charge >= 0.3 is 0 Å². The van der Waals surface area contributed by atoms with Crippen molar-refractivity contribution in [1.29, 1.82) is 0 Å². The molecule has 134 valence electrons. The van der Waals surface area contributed by atoms with E-state index in [0.717, 1.165) is 38.8 Å². The Bertz CT molecular complexity index is 518. The minimum Gasteiger partial charge on any atom is -0.351 e. The number of unbranched alkanes of at least 4 members (excludes halogenated alkanes) is 6. The number of aromatic nitrogens is 2. The van der Waals surface area contributed by atoms with E-state index >= 15 is 0 Å². The Hall–Kier alpha value is -1.36. The molecule has 0 saturated carbocycles.